The molecule has 1 saturated carbocycles. The van der Waals surface area contributed by atoms with Crippen molar-refractivity contribution in [1.29, 1.82) is 5.26 Å². The molecule has 0 atom stereocenters. The average Bonchev–Trinajstić information content (AvgIpc) is 3.15. The number of aromatic nitrogens is 4. The Balaban J connectivity index is 1.71. The Morgan fingerprint density at radius 3 is 2.64 bits per heavy atom. The maximum atomic E-state index is 13.0. The zero-order chi connectivity index (χ0) is 19.9. The second-order valence-electron chi connectivity index (χ2n) is 7.29. The van der Waals surface area contributed by atoms with E-state index in [9.17, 15) is 4.79 Å². The number of tetrazole rings is 1. The molecular weight excluding hydrogens is 372 g/mol. The summed E-state index contributed by atoms with van der Waals surface area (Å²) in [5, 5.41) is 21.8. The first kappa shape index (κ1) is 20.3. The monoisotopic (exact) mass is 398 g/mol. The number of nitriles is 1. The topological polar surface area (TPSA) is 87.7 Å². The molecule has 0 saturated heterocycles. The van der Waals surface area contributed by atoms with Gasteiger partial charge in [-0.3, -0.25) is 4.79 Å². The van der Waals surface area contributed by atoms with Crippen LogP contribution in [0.15, 0.2) is 23.4 Å². The first-order valence-electron chi connectivity index (χ1n) is 9.75. The molecule has 0 spiro atoms. The Morgan fingerprint density at radius 2 is 1.96 bits per heavy atom. The van der Waals surface area contributed by atoms with Crippen LogP contribution in [0.3, 0.4) is 0 Å². The number of anilines is 1. The largest absolute Gasteiger partial charge is 0.311 e. The number of benzene rings is 1. The van der Waals surface area contributed by atoms with E-state index in [0.29, 0.717) is 24.2 Å². The SMILES string of the molecule is Cc1cc(C)cc(N(CCC#N)C(=O)CSc2nnnn2C2CCCCC2)c1. The molecule has 0 N–H and O–H groups in total. The van der Waals surface area contributed by atoms with Gasteiger partial charge in [0.05, 0.1) is 24.3 Å². The Bertz CT molecular complexity index is 832. The number of nitrogens with zero attached hydrogens (tertiary/aromatic N) is 6. The molecule has 1 aliphatic rings. The number of carbonyl (C=O) groups excluding carboxylic acids is 1. The van der Waals surface area contributed by atoms with Gasteiger partial charge in [-0.05, 0) is 60.4 Å². The van der Waals surface area contributed by atoms with Crippen LogP contribution in [0, 0.1) is 25.2 Å². The third-order valence-corrected chi connectivity index (χ3v) is 5.89. The van der Waals surface area contributed by atoms with Gasteiger partial charge in [0.25, 0.3) is 0 Å². The van der Waals surface area contributed by atoms with E-state index in [1.165, 1.54) is 31.0 Å². The lowest BCUT2D eigenvalue weighted by molar-refractivity contribution is -0.116. The fourth-order valence-corrected chi connectivity index (χ4v) is 4.53. The number of aryl methyl sites for hydroxylation is 2. The molecule has 1 heterocycles. The predicted octanol–water partition coefficient (Wildman–Crippen LogP) is 3.83. The standard InChI is InChI=1S/C20H26N6OS/c1-15-11-16(2)13-18(12-15)25(10-6-9-21)19(27)14-28-20-22-23-24-26(20)17-7-4-3-5-8-17/h11-13,17H,3-8,10,14H2,1-2H3. The predicted molar refractivity (Wildman–Crippen MR) is 109 cm³/mol. The highest BCUT2D eigenvalue weighted by Gasteiger charge is 2.22. The molecule has 28 heavy (non-hydrogen) atoms. The Hall–Kier alpha value is -2.40. The van der Waals surface area contributed by atoms with E-state index in [2.05, 4.69) is 27.7 Å². The van der Waals surface area contributed by atoms with Crippen LogP contribution >= 0.6 is 11.8 Å². The summed E-state index contributed by atoms with van der Waals surface area (Å²) >= 11 is 1.37. The van der Waals surface area contributed by atoms with Gasteiger partial charge in [0.15, 0.2) is 0 Å². The quantitative estimate of drug-likeness (QED) is 0.659. The zero-order valence-electron chi connectivity index (χ0n) is 16.5. The van der Waals surface area contributed by atoms with E-state index in [1.807, 2.05) is 30.7 Å². The van der Waals surface area contributed by atoms with Gasteiger partial charge < -0.3 is 4.90 Å². The fourth-order valence-electron chi connectivity index (χ4n) is 3.71. The van der Waals surface area contributed by atoms with Crippen LogP contribution in [0.1, 0.15) is 55.7 Å². The van der Waals surface area contributed by atoms with Gasteiger partial charge in [-0.2, -0.15) is 5.26 Å². The van der Waals surface area contributed by atoms with Crippen molar-refractivity contribution in [2.75, 3.05) is 17.2 Å². The van der Waals surface area contributed by atoms with Crippen LogP contribution in [0.4, 0.5) is 5.69 Å². The third kappa shape index (κ3) is 5.10. The molecule has 3 rings (SSSR count). The van der Waals surface area contributed by atoms with Gasteiger partial charge in [0, 0.05) is 12.2 Å². The lowest BCUT2D eigenvalue weighted by Gasteiger charge is -2.23. The van der Waals surface area contributed by atoms with Gasteiger partial charge >= 0.3 is 0 Å². The van der Waals surface area contributed by atoms with Crippen molar-refractivity contribution >= 4 is 23.4 Å². The summed E-state index contributed by atoms with van der Waals surface area (Å²) in [4.78, 5) is 14.7. The highest BCUT2D eigenvalue weighted by Crippen LogP contribution is 2.30. The van der Waals surface area contributed by atoms with Crippen molar-refractivity contribution in [2.24, 2.45) is 0 Å². The molecule has 0 bridgehead atoms. The van der Waals surface area contributed by atoms with E-state index in [0.717, 1.165) is 29.7 Å². The van der Waals surface area contributed by atoms with Crippen molar-refractivity contribution in [3.8, 4) is 6.07 Å². The van der Waals surface area contributed by atoms with E-state index in [-0.39, 0.29) is 11.7 Å². The molecule has 0 unspecified atom stereocenters. The first-order chi connectivity index (χ1) is 13.6. The molecular formula is C20H26N6OS. The van der Waals surface area contributed by atoms with Crippen LogP contribution in [0.25, 0.3) is 0 Å². The van der Waals surface area contributed by atoms with Crippen LogP contribution in [0.2, 0.25) is 0 Å². The van der Waals surface area contributed by atoms with E-state index >= 15 is 0 Å². The summed E-state index contributed by atoms with van der Waals surface area (Å²) in [7, 11) is 0. The van der Waals surface area contributed by atoms with Crippen LogP contribution in [-0.4, -0.2) is 38.4 Å². The average molecular weight is 399 g/mol. The maximum absolute atomic E-state index is 13.0. The van der Waals surface area contributed by atoms with Crippen molar-refractivity contribution in [3.05, 3.63) is 29.3 Å². The van der Waals surface area contributed by atoms with Crippen molar-refractivity contribution in [2.45, 2.75) is 63.6 Å². The zero-order valence-corrected chi connectivity index (χ0v) is 17.3. The van der Waals surface area contributed by atoms with Crippen LogP contribution in [0.5, 0.6) is 0 Å². The highest BCUT2D eigenvalue weighted by atomic mass is 32.2. The minimum atomic E-state index is -0.0385. The second kappa shape index (κ2) is 9.69. The van der Waals surface area contributed by atoms with Crippen molar-refractivity contribution in [1.82, 2.24) is 20.2 Å². The summed E-state index contributed by atoms with van der Waals surface area (Å²) in [5.74, 6) is 0.203. The summed E-state index contributed by atoms with van der Waals surface area (Å²) in [6.07, 6.45) is 6.13. The molecule has 8 heteroatoms. The lowest BCUT2D eigenvalue weighted by atomic mass is 9.96. The molecule has 1 aromatic carbocycles. The number of thioether (sulfide) groups is 1. The first-order valence-corrected chi connectivity index (χ1v) is 10.7. The molecule has 1 aromatic heterocycles. The molecule has 148 valence electrons. The molecule has 2 aromatic rings. The van der Waals surface area contributed by atoms with E-state index in [4.69, 9.17) is 5.26 Å². The summed E-state index contributed by atoms with van der Waals surface area (Å²) in [6.45, 7) is 4.40. The Labute approximate surface area is 170 Å². The van der Waals surface area contributed by atoms with Crippen LogP contribution in [-0.2, 0) is 4.79 Å². The second-order valence-corrected chi connectivity index (χ2v) is 8.23. The van der Waals surface area contributed by atoms with Gasteiger partial charge in [0.2, 0.25) is 11.1 Å². The highest BCUT2D eigenvalue weighted by molar-refractivity contribution is 7.99. The molecule has 1 amide bonds. The van der Waals surface area contributed by atoms with Crippen LogP contribution < -0.4 is 4.90 Å². The van der Waals surface area contributed by atoms with Gasteiger partial charge in [-0.1, -0.05) is 37.1 Å². The Morgan fingerprint density at radius 1 is 1.25 bits per heavy atom. The smallest absolute Gasteiger partial charge is 0.237 e. The maximum Gasteiger partial charge on any atom is 0.237 e. The fraction of sp³-hybridized carbons (Fsp3) is 0.550. The number of amides is 1. The summed E-state index contributed by atoms with van der Waals surface area (Å²) < 4.78 is 1.88. The molecule has 0 aliphatic heterocycles. The van der Waals surface area contributed by atoms with Gasteiger partial charge in [-0.25, -0.2) is 4.68 Å². The Kier molecular flexibility index (Phi) is 7.04. The van der Waals surface area contributed by atoms with E-state index in [1.54, 1.807) is 4.90 Å². The molecule has 1 fully saturated rings. The number of rotatable bonds is 7. The number of hydrogen-bond acceptors (Lipinski definition) is 6. The van der Waals surface area contributed by atoms with E-state index < -0.39 is 0 Å². The van der Waals surface area contributed by atoms with Gasteiger partial charge in [-0.15, -0.1) is 5.10 Å². The number of carbonyl (C=O) groups is 1. The summed E-state index contributed by atoms with van der Waals surface area (Å²) in [6, 6.07) is 8.51. The normalized spacial score (nSPS) is 14.6. The van der Waals surface area contributed by atoms with Crippen molar-refractivity contribution in [3.63, 3.8) is 0 Å². The minimum Gasteiger partial charge on any atom is -0.311 e. The van der Waals surface area contributed by atoms with Crippen molar-refractivity contribution < 1.29 is 4.79 Å². The molecule has 7 nitrogen and oxygen atoms in total. The summed E-state index contributed by atoms with van der Waals surface area (Å²) in [5.41, 5.74) is 3.03. The lowest BCUT2D eigenvalue weighted by Crippen LogP contribution is -2.33. The van der Waals surface area contributed by atoms with Gasteiger partial charge in [0.1, 0.15) is 0 Å². The molecule has 0 radical (unpaired) electrons. The number of hydrogen-bond donors (Lipinski definition) is 0. The minimum absolute atomic E-state index is 0.0385. The third-order valence-electron chi connectivity index (χ3n) is 4.97. The molecule has 1 aliphatic carbocycles.